The molecule has 0 aliphatic carbocycles. The van der Waals surface area contributed by atoms with Gasteiger partial charge in [-0.1, -0.05) is 12.7 Å². The Labute approximate surface area is 74.4 Å². The molecule has 2 aliphatic rings. The number of benzene rings is 1. The SMILES string of the molecule is C=Cc1ccc2c3c1OP(=O)(O2)O3. The minimum Gasteiger partial charge on any atom is -0.382 e. The van der Waals surface area contributed by atoms with E-state index in [4.69, 9.17) is 13.6 Å². The fourth-order valence-corrected chi connectivity index (χ4v) is 2.68. The molecule has 1 atom stereocenters. The van der Waals surface area contributed by atoms with Gasteiger partial charge in [0.25, 0.3) is 0 Å². The van der Waals surface area contributed by atoms with Crippen molar-refractivity contribution in [2.75, 3.05) is 0 Å². The normalized spacial score (nSPS) is 26.2. The largest absolute Gasteiger partial charge is 0.647 e. The third-order valence-corrected chi connectivity index (χ3v) is 3.18. The first-order chi connectivity index (χ1) is 6.22. The van der Waals surface area contributed by atoms with E-state index in [1.807, 2.05) is 0 Å². The second kappa shape index (κ2) is 1.91. The van der Waals surface area contributed by atoms with Crippen LogP contribution in [0.2, 0.25) is 0 Å². The molecule has 0 amide bonds. The van der Waals surface area contributed by atoms with Crippen molar-refractivity contribution in [3.63, 3.8) is 0 Å². The number of phosphoric acid groups is 1. The molecule has 1 aromatic carbocycles. The van der Waals surface area contributed by atoms with Crippen LogP contribution in [0.3, 0.4) is 0 Å². The van der Waals surface area contributed by atoms with Gasteiger partial charge in [0.2, 0.25) is 5.75 Å². The number of phosphoric ester groups is 1. The molecule has 0 radical (unpaired) electrons. The average Bonchev–Trinajstić information content (AvgIpc) is 2.57. The summed E-state index contributed by atoms with van der Waals surface area (Å²) in [5.41, 5.74) is 0.764. The minimum atomic E-state index is -3.34. The van der Waals surface area contributed by atoms with Crippen LogP contribution in [0.5, 0.6) is 17.2 Å². The summed E-state index contributed by atoms with van der Waals surface area (Å²) in [7, 11) is -3.34. The predicted molar refractivity (Wildman–Crippen MR) is 46.0 cm³/mol. The third-order valence-electron chi connectivity index (χ3n) is 1.94. The molecule has 13 heavy (non-hydrogen) atoms. The summed E-state index contributed by atoms with van der Waals surface area (Å²) in [5.74, 6) is 1.39. The molecule has 2 aliphatic heterocycles. The summed E-state index contributed by atoms with van der Waals surface area (Å²) in [6, 6.07) is 3.47. The van der Waals surface area contributed by atoms with Gasteiger partial charge in [0.1, 0.15) is 0 Å². The van der Waals surface area contributed by atoms with Crippen molar-refractivity contribution in [2.24, 2.45) is 0 Å². The summed E-state index contributed by atoms with van der Waals surface area (Å²) in [6.45, 7) is 3.61. The van der Waals surface area contributed by atoms with Crippen molar-refractivity contribution in [3.05, 3.63) is 24.3 Å². The molecule has 2 heterocycles. The molecule has 5 heteroatoms. The molecule has 0 saturated heterocycles. The number of hydrogen-bond acceptors (Lipinski definition) is 4. The van der Waals surface area contributed by atoms with Crippen molar-refractivity contribution < 1.29 is 18.1 Å². The number of rotatable bonds is 1. The topological polar surface area (TPSA) is 44.8 Å². The maximum Gasteiger partial charge on any atom is 0.647 e. The van der Waals surface area contributed by atoms with Gasteiger partial charge in [-0.25, -0.2) is 0 Å². The van der Waals surface area contributed by atoms with Gasteiger partial charge in [-0.15, -0.1) is 0 Å². The van der Waals surface area contributed by atoms with Gasteiger partial charge in [-0.2, -0.15) is 4.57 Å². The Hall–Kier alpha value is -1.41. The third kappa shape index (κ3) is 0.736. The second-order valence-electron chi connectivity index (χ2n) is 2.74. The minimum absolute atomic E-state index is 0.431. The van der Waals surface area contributed by atoms with Crippen LogP contribution in [0.25, 0.3) is 6.08 Å². The quantitative estimate of drug-likeness (QED) is 0.647. The molecule has 3 rings (SSSR count). The van der Waals surface area contributed by atoms with Gasteiger partial charge < -0.3 is 13.6 Å². The Kier molecular flexibility index (Phi) is 1.03. The van der Waals surface area contributed by atoms with Crippen molar-refractivity contribution in [1.29, 1.82) is 0 Å². The van der Waals surface area contributed by atoms with E-state index in [1.54, 1.807) is 18.2 Å². The summed E-state index contributed by atoms with van der Waals surface area (Å²) in [5, 5.41) is 0. The fourth-order valence-electron chi connectivity index (χ4n) is 1.37. The molecule has 0 N–H and O–H groups in total. The highest BCUT2D eigenvalue weighted by atomic mass is 31.2. The first-order valence-electron chi connectivity index (χ1n) is 3.70. The van der Waals surface area contributed by atoms with Crippen LogP contribution in [-0.4, -0.2) is 0 Å². The molecule has 2 bridgehead atoms. The maximum atomic E-state index is 11.5. The number of fused-ring (bicyclic) bond motifs is 1. The highest BCUT2D eigenvalue weighted by Crippen LogP contribution is 2.69. The van der Waals surface area contributed by atoms with Gasteiger partial charge in [-0.3, -0.25) is 0 Å². The molecule has 0 fully saturated rings. The molecule has 66 valence electrons. The molecule has 0 saturated carbocycles. The van der Waals surface area contributed by atoms with Crippen molar-refractivity contribution in [2.45, 2.75) is 0 Å². The van der Waals surface area contributed by atoms with Crippen LogP contribution in [-0.2, 0) is 4.57 Å². The molecular weight excluding hydrogens is 191 g/mol. The average molecular weight is 196 g/mol. The lowest BCUT2D eigenvalue weighted by Gasteiger charge is -2.10. The van der Waals surface area contributed by atoms with E-state index in [0.29, 0.717) is 17.2 Å². The van der Waals surface area contributed by atoms with E-state index in [-0.39, 0.29) is 0 Å². The van der Waals surface area contributed by atoms with E-state index in [2.05, 4.69) is 6.58 Å². The Morgan fingerprint density at radius 2 is 2.00 bits per heavy atom. The van der Waals surface area contributed by atoms with Crippen molar-refractivity contribution in [1.82, 2.24) is 0 Å². The van der Waals surface area contributed by atoms with Gasteiger partial charge in [-0.05, 0) is 12.1 Å². The van der Waals surface area contributed by atoms with Crippen LogP contribution < -0.4 is 13.6 Å². The Balaban J connectivity index is 2.36. The van der Waals surface area contributed by atoms with Gasteiger partial charge >= 0.3 is 7.82 Å². The lowest BCUT2D eigenvalue weighted by atomic mass is 10.2. The van der Waals surface area contributed by atoms with Crippen LogP contribution in [0, 0.1) is 0 Å². The Bertz CT molecular complexity index is 465. The smallest absolute Gasteiger partial charge is 0.382 e. The van der Waals surface area contributed by atoms with E-state index in [9.17, 15) is 4.57 Å². The fraction of sp³-hybridized carbons (Fsp3) is 0. The van der Waals surface area contributed by atoms with Gasteiger partial charge in [0.15, 0.2) is 11.5 Å². The predicted octanol–water partition coefficient (Wildman–Crippen LogP) is 2.60. The Morgan fingerprint density at radius 1 is 1.23 bits per heavy atom. The standard InChI is InChI=1S/C8H5O4P/c1-2-5-3-4-6-8-7(5)11-13(9,10-6)12-8/h2-4H,1H2. The zero-order valence-electron chi connectivity index (χ0n) is 6.52. The molecule has 1 unspecified atom stereocenters. The summed E-state index contributed by atoms with van der Waals surface area (Å²) < 4.78 is 26.5. The van der Waals surface area contributed by atoms with Crippen LogP contribution >= 0.6 is 7.82 Å². The van der Waals surface area contributed by atoms with Crippen LogP contribution in [0.4, 0.5) is 0 Å². The van der Waals surface area contributed by atoms with Crippen LogP contribution in [0.1, 0.15) is 5.56 Å². The highest BCUT2D eigenvalue weighted by Gasteiger charge is 2.50. The zero-order chi connectivity index (χ0) is 9.05. The van der Waals surface area contributed by atoms with Gasteiger partial charge in [0.05, 0.1) is 0 Å². The lowest BCUT2D eigenvalue weighted by Crippen LogP contribution is -1.98. The van der Waals surface area contributed by atoms with Crippen molar-refractivity contribution >= 4 is 13.9 Å². The van der Waals surface area contributed by atoms with Crippen molar-refractivity contribution in [3.8, 4) is 17.2 Å². The first kappa shape index (κ1) is 7.04. The lowest BCUT2D eigenvalue weighted by molar-refractivity contribution is 0.354. The van der Waals surface area contributed by atoms with E-state index in [0.717, 1.165) is 5.56 Å². The van der Waals surface area contributed by atoms with E-state index < -0.39 is 7.82 Å². The summed E-state index contributed by atoms with van der Waals surface area (Å²) in [6.07, 6.45) is 1.62. The monoisotopic (exact) mass is 196 g/mol. The zero-order valence-corrected chi connectivity index (χ0v) is 7.41. The van der Waals surface area contributed by atoms with E-state index in [1.165, 1.54) is 0 Å². The van der Waals surface area contributed by atoms with E-state index >= 15 is 0 Å². The molecule has 1 aromatic rings. The second-order valence-corrected chi connectivity index (χ2v) is 4.18. The molecular formula is C8H5O4P. The highest BCUT2D eigenvalue weighted by molar-refractivity contribution is 7.50. The van der Waals surface area contributed by atoms with Gasteiger partial charge in [0, 0.05) is 5.56 Å². The molecule has 4 nitrogen and oxygen atoms in total. The summed E-state index contributed by atoms with van der Waals surface area (Å²) >= 11 is 0. The molecule has 0 aromatic heterocycles. The van der Waals surface area contributed by atoms with Crippen LogP contribution in [0.15, 0.2) is 18.7 Å². The Morgan fingerprint density at radius 3 is 2.69 bits per heavy atom. The first-order valence-corrected chi connectivity index (χ1v) is 5.16. The number of hydrogen-bond donors (Lipinski definition) is 0. The summed E-state index contributed by atoms with van der Waals surface area (Å²) in [4.78, 5) is 0. The molecule has 0 spiro atoms. The maximum absolute atomic E-state index is 11.5.